The number of hydrogen-bond acceptors (Lipinski definition) is 1. The topological polar surface area (TPSA) is 0 Å². The van der Waals surface area contributed by atoms with Gasteiger partial charge in [0.05, 0.1) is 12.4 Å². The second-order valence-electron chi connectivity index (χ2n) is 3.20. The van der Waals surface area contributed by atoms with Crippen molar-refractivity contribution >= 4 is 59.1 Å². The van der Waals surface area contributed by atoms with Crippen molar-refractivity contribution in [3.05, 3.63) is 54.8 Å². The Morgan fingerprint density at radius 3 is 2.50 bits per heavy atom. The SMILES string of the molecule is Fc1cccc(C(Br)c2cc(Br)sc2Br)c1. The minimum Gasteiger partial charge on any atom is -0.207 e. The van der Waals surface area contributed by atoms with Crippen LogP contribution in [0.25, 0.3) is 0 Å². The van der Waals surface area contributed by atoms with E-state index in [0.29, 0.717) is 0 Å². The summed E-state index contributed by atoms with van der Waals surface area (Å²) in [4.78, 5) is 0.000116. The zero-order valence-corrected chi connectivity index (χ0v) is 13.5. The Labute approximate surface area is 122 Å². The van der Waals surface area contributed by atoms with E-state index >= 15 is 0 Å². The lowest BCUT2D eigenvalue weighted by atomic mass is 10.1. The van der Waals surface area contributed by atoms with Crippen molar-refractivity contribution in [3.63, 3.8) is 0 Å². The molecule has 0 radical (unpaired) electrons. The van der Waals surface area contributed by atoms with Crippen LogP contribution in [0, 0.1) is 5.82 Å². The summed E-state index contributed by atoms with van der Waals surface area (Å²) in [7, 11) is 0. The highest BCUT2D eigenvalue weighted by molar-refractivity contribution is 9.12. The lowest BCUT2D eigenvalue weighted by Gasteiger charge is -2.09. The fourth-order valence-electron chi connectivity index (χ4n) is 1.37. The maximum Gasteiger partial charge on any atom is 0.123 e. The predicted octanol–water partition coefficient (Wildman–Crippen LogP) is 5.90. The van der Waals surface area contributed by atoms with Crippen LogP contribution in [0.4, 0.5) is 4.39 Å². The Kier molecular flexibility index (Phi) is 4.21. The normalized spacial score (nSPS) is 12.8. The standard InChI is InChI=1S/C11H6Br3FS/c12-9-5-8(11(14)16-9)10(13)6-2-1-3-7(15)4-6/h1-5,10H. The summed E-state index contributed by atoms with van der Waals surface area (Å²) in [5.74, 6) is -0.215. The smallest absolute Gasteiger partial charge is 0.123 e. The first-order valence-electron chi connectivity index (χ1n) is 4.42. The van der Waals surface area contributed by atoms with E-state index in [2.05, 4.69) is 47.8 Å². The lowest BCUT2D eigenvalue weighted by molar-refractivity contribution is 0.626. The molecule has 0 aliphatic rings. The third kappa shape index (κ3) is 2.75. The van der Waals surface area contributed by atoms with Gasteiger partial charge in [0, 0.05) is 0 Å². The number of alkyl halides is 1. The molecular formula is C11H6Br3FS. The average Bonchev–Trinajstić information content (AvgIpc) is 2.57. The molecule has 1 atom stereocenters. The third-order valence-corrected chi connectivity index (χ3v) is 5.51. The molecule has 1 aromatic carbocycles. The van der Waals surface area contributed by atoms with E-state index in [1.807, 2.05) is 12.1 Å². The van der Waals surface area contributed by atoms with Gasteiger partial charge in [-0.2, -0.15) is 0 Å². The van der Waals surface area contributed by atoms with E-state index in [9.17, 15) is 4.39 Å². The van der Waals surface area contributed by atoms with Gasteiger partial charge >= 0.3 is 0 Å². The Morgan fingerprint density at radius 1 is 1.19 bits per heavy atom. The zero-order chi connectivity index (χ0) is 11.7. The molecule has 0 bridgehead atoms. The highest BCUT2D eigenvalue weighted by Crippen LogP contribution is 2.41. The van der Waals surface area contributed by atoms with Crippen LogP contribution in [-0.4, -0.2) is 0 Å². The molecule has 1 aromatic heterocycles. The van der Waals surface area contributed by atoms with E-state index in [1.54, 1.807) is 17.4 Å². The van der Waals surface area contributed by atoms with Crippen LogP contribution in [0.2, 0.25) is 0 Å². The van der Waals surface area contributed by atoms with Crippen LogP contribution in [0.5, 0.6) is 0 Å². The molecule has 0 N–H and O–H groups in total. The first-order valence-corrected chi connectivity index (χ1v) is 7.74. The summed E-state index contributed by atoms with van der Waals surface area (Å²) < 4.78 is 15.2. The molecule has 0 aliphatic carbocycles. The van der Waals surface area contributed by atoms with E-state index in [0.717, 1.165) is 18.7 Å². The second kappa shape index (κ2) is 5.29. The van der Waals surface area contributed by atoms with Gasteiger partial charge in [0.1, 0.15) is 5.82 Å². The molecular weight excluding hydrogens is 423 g/mol. The van der Waals surface area contributed by atoms with E-state index in [4.69, 9.17) is 0 Å². The lowest BCUT2D eigenvalue weighted by Crippen LogP contribution is -1.92. The second-order valence-corrected chi connectivity index (χ2v) is 7.86. The number of rotatable bonds is 2. The van der Waals surface area contributed by atoms with Crippen LogP contribution < -0.4 is 0 Å². The van der Waals surface area contributed by atoms with Gasteiger partial charge in [-0.1, -0.05) is 28.1 Å². The summed E-state index contributed by atoms with van der Waals surface area (Å²) in [5, 5.41) is 0. The minimum atomic E-state index is -0.215. The summed E-state index contributed by atoms with van der Waals surface area (Å²) in [6.07, 6.45) is 0. The van der Waals surface area contributed by atoms with E-state index in [-0.39, 0.29) is 10.6 Å². The summed E-state index contributed by atoms with van der Waals surface area (Å²) in [6, 6.07) is 8.63. The highest BCUT2D eigenvalue weighted by Gasteiger charge is 2.16. The molecule has 0 fully saturated rings. The molecule has 1 unspecified atom stereocenters. The fraction of sp³-hybridized carbons (Fsp3) is 0.0909. The van der Waals surface area contributed by atoms with Crippen molar-refractivity contribution < 1.29 is 4.39 Å². The first-order chi connectivity index (χ1) is 7.58. The highest BCUT2D eigenvalue weighted by atomic mass is 79.9. The van der Waals surface area contributed by atoms with Gasteiger partial charge in [-0.25, -0.2) is 4.39 Å². The number of thiophene rings is 1. The van der Waals surface area contributed by atoms with Crippen molar-refractivity contribution in [2.24, 2.45) is 0 Å². The monoisotopic (exact) mass is 426 g/mol. The molecule has 16 heavy (non-hydrogen) atoms. The summed E-state index contributed by atoms with van der Waals surface area (Å²) in [6.45, 7) is 0. The zero-order valence-electron chi connectivity index (χ0n) is 7.88. The quantitative estimate of drug-likeness (QED) is 0.522. The average molecular weight is 429 g/mol. The Hall–Kier alpha value is 0.290. The maximum absolute atomic E-state index is 13.1. The molecule has 0 aliphatic heterocycles. The minimum absolute atomic E-state index is 0.000116. The fourth-order valence-corrected chi connectivity index (χ4v) is 5.38. The van der Waals surface area contributed by atoms with Gasteiger partial charge < -0.3 is 0 Å². The molecule has 2 aromatic rings. The largest absolute Gasteiger partial charge is 0.207 e. The molecule has 0 amide bonds. The summed E-state index contributed by atoms with van der Waals surface area (Å²) >= 11 is 12.1. The van der Waals surface area contributed by atoms with Gasteiger partial charge in [-0.15, -0.1) is 11.3 Å². The van der Waals surface area contributed by atoms with Crippen molar-refractivity contribution in [3.8, 4) is 0 Å². The van der Waals surface area contributed by atoms with Gasteiger partial charge in [0.2, 0.25) is 0 Å². The van der Waals surface area contributed by atoms with Crippen molar-refractivity contribution in [2.45, 2.75) is 4.83 Å². The molecule has 1 heterocycles. The van der Waals surface area contributed by atoms with Crippen LogP contribution in [-0.2, 0) is 0 Å². The molecule has 0 nitrogen and oxygen atoms in total. The molecule has 5 heteroatoms. The van der Waals surface area contributed by atoms with Crippen molar-refractivity contribution in [1.82, 2.24) is 0 Å². The molecule has 0 saturated carbocycles. The molecule has 84 valence electrons. The number of benzene rings is 1. The van der Waals surface area contributed by atoms with Gasteiger partial charge in [0.15, 0.2) is 0 Å². The van der Waals surface area contributed by atoms with Crippen LogP contribution in [0.3, 0.4) is 0 Å². The molecule has 0 saturated heterocycles. The van der Waals surface area contributed by atoms with Crippen LogP contribution in [0.15, 0.2) is 37.9 Å². The number of halogens is 4. The van der Waals surface area contributed by atoms with Gasteiger partial charge in [0.25, 0.3) is 0 Å². The summed E-state index contributed by atoms with van der Waals surface area (Å²) in [5.41, 5.74) is 2.01. The van der Waals surface area contributed by atoms with Crippen LogP contribution >= 0.6 is 59.1 Å². The van der Waals surface area contributed by atoms with Crippen molar-refractivity contribution in [2.75, 3.05) is 0 Å². The molecule has 2 rings (SSSR count). The predicted molar refractivity (Wildman–Crippen MR) is 76.9 cm³/mol. The Balaban J connectivity index is 2.38. The maximum atomic E-state index is 13.1. The van der Waals surface area contributed by atoms with Crippen molar-refractivity contribution in [1.29, 1.82) is 0 Å². The van der Waals surface area contributed by atoms with Crippen LogP contribution in [0.1, 0.15) is 16.0 Å². The van der Waals surface area contributed by atoms with E-state index < -0.39 is 0 Å². The Bertz CT molecular complexity index is 510. The van der Waals surface area contributed by atoms with Gasteiger partial charge in [-0.05, 0) is 61.2 Å². The van der Waals surface area contributed by atoms with Gasteiger partial charge in [-0.3, -0.25) is 0 Å². The third-order valence-electron chi connectivity index (χ3n) is 2.10. The molecule has 0 spiro atoms. The Morgan fingerprint density at radius 2 is 1.94 bits per heavy atom. The van der Waals surface area contributed by atoms with E-state index in [1.165, 1.54) is 12.1 Å². The number of hydrogen-bond donors (Lipinski definition) is 0. The first kappa shape index (κ1) is 12.7.